The zero-order chi connectivity index (χ0) is 28.4. The molecule has 5 atom stereocenters. The van der Waals surface area contributed by atoms with E-state index in [4.69, 9.17) is 4.74 Å². The van der Waals surface area contributed by atoms with Crippen molar-refractivity contribution < 1.29 is 19.7 Å². The molecule has 40 heavy (non-hydrogen) atoms. The van der Waals surface area contributed by atoms with Crippen molar-refractivity contribution in [3.05, 3.63) is 23.3 Å². The second kappa shape index (κ2) is 15.6. The summed E-state index contributed by atoms with van der Waals surface area (Å²) in [6.45, 7) is 4.57. The SMILES string of the molecule is CCCCCCCCCCCCCCCCCC(=O)Oc1cc(O)cc2c1[C@H]1CC[C@]3(C)[C@H](O)CC[C@H]3[C@@H]1CC2. The van der Waals surface area contributed by atoms with Gasteiger partial charge in [0.2, 0.25) is 0 Å². The molecule has 1 aromatic rings. The first kappa shape index (κ1) is 31.4. The molecule has 0 amide bonds. The predicted octanol–water partition coefficient (Wildman–Crippen LogP) is 9.78. The minimum atomic E-state index is -0.188. The maximum Gasteiger partial charge on any atom is 0.311 e. The van der Waals surface area contributed by atoms with Crippen molar-refractivity contribution in [1.82, 2.24) is 0 Å². The number of ether oxygens (including phenoxy) is 1. The normalized spacial score (nSPS) is 27.2. The van der Waals surface area contributed by atoms with E-state index in [1.165, 1.54) is 89.0 Å². The Balaban J connectivity index is 1.14. The van der Waals surface area contributed by atoms with Crippen molar-refractivity contribution in [3.63, 3.8) is 0 Å². The number of aliphatic hydroxyl groups excluding tert-OH is 1. The molecule has 0 heterocycles. The first-order valence-corrected chi connectivity index (χ1v) is 17.2. The van der Waals surface area contributed by atoms with Crippen molar-refractivity contribution in [3.8, 4) is 11.5 Å². The third-order valence-corrected chi connectivity index (χ3v) is 10.9. The maximum atomic E-state index is 12.8. The van der Waals surface area contributed by atoms with Crippen LogP contribution in [0, 0.1) is 17.3 Å². The Kier molecular flexibility index (Phi) is 12.3. The van der Waals surface area contributed by atoms with E-state index < -0.39 is 0 Å². The van der Waals surface area contributed by atoms with Crippen molar-refractivity contribution in [2.24, 2.45) is 17.3 Å². The van der Waals surface area contributed by atoms with Crippen LogP contribution in [0.2, 0.25) is 0 Å². The molecule has 0 bridgehead atoms. The molecule has 4 heteroatoms. The van der Waals surface area contributed by atoms with Crippen LogP contribution in [0.3, 0.4) is 0 Å². The van der Waals surface area contributed by atoms with Crippen LogP contribution in [-0.4, -0.2) is 22.3 Å². The lowest BCUT2D eigenvalue weighted by molar-refractivity contribution is -0.134. The number of unbranched alkanes of at least 4 members (excludes halogenated alkanes) is 14. The summed E-state index contributed by atoms with van der Waals surface area (Å²) >= 11 is 0. The number of carbonyl (C=O) groups excluding carboxylic acids is 1. The van der Waals surface area contributed by atoms with Crippen LogP contribution in [-0.2, 0) is 11.2 Å². The van der Waals surface area contributed by atoms with E-state index in [1.54, 1.807) is 6.07 Å². The summed E-state index contributed by atoms with van der Waals surface area (Å²) in [5.74, 6) is 2.05. The van der Waals surface area contributed by atoms with E-state index in [0.717, 1.165) is 56.9 Å². The lowest BCUT2D eigenvalue weighted by atomic mass is 9.55. The van der Waals surface area contributed by atoms with Gasteiger partial charge in [-0.2, -0.15) is 0 Å². The number of rotatable bonds is 17. The molecule has 2 saturated carbocycles. The minimum Gasteiger partial charge on any atom is -0.508 e. The van der Waals surface area contributed by atoms with Gasteiger partial charge in [-0.15, -0.1) is 0 Å². The average molecular weight is 555 g/mol. The van der Waals surface area contributed by atoms with Gasteiger partial charge < -0.3 is 14.9 Å². The Morgan fingerprint density at radius 1 is 0.850 bits per heavy atom. The smallest absolute Gasteiger partial charge is 0.311 e. The molecule has 0 aromatic heterocycles. The van der Waals surface area contributed by atoms with E-state index in [1.807, 2.05) is 6.07 Å². The van der Waals surface area contributed by atoms with E-state index in [2.05, 4.69) is 13.8 Å². The van der Waals surface area contributed by atoms with Gasteiger partial charge in [0.1, 0.15) is 11.5 Å². The Morgan fingerprint density at radius 2 is 1.45 bits per heavy atom. The number of aliphatic hydroxyl groups is 1. The molecule has 4 rings (SSSR count). The van der Waals surface area contributed by atoms with Crippen LogP contribution in [0.5, 0.6) is 11.5 Å². The Hall–Kier alpha value is -1.55. The molecule has 2 fully saturated rings. The quantitative estimate of drug-likeness (QED) is 0.114. The third-order valence-electron chi connectivity index (χ3n) is 10.9. The number of carbonyl (C=O) groups is 1. The fourth-order valence-corrected chi connectivity index (χ4v) is 8.54. The number of phenols is 1. The third kappa shape index (κ3) is 8.05. The number of fused-ring (bicyclic) bond motifs is 5. The summed E-state index contributed by atoms with van der Waals surface area (Å²) in [6.07, 6.45) is 26.0. The number of phenolic OH excluding ortho intramolecular Hbond substituents is 1. The first-order chi connectivity index (χ1) is 19.4. The number of benzene rings is 1. The van der Waals surface area contributed by atoms with Crippen LogP contribution >= 0.6 is 0 Å². The number of aromatic hydroxyl groups is 1. The van der Waals surface area contributed by atoms with Gasteiger partial charge in [0.05, 0.1) is 6.10 Å². The summed E-state index contributed by atoms with van der Waals surface area (Å²) in [5.41, 5.74) is 2.35. The van der Waals surface area contributed by atoms with Gasteiger partial charge in [0.15, 0.2) is 0 Å². The number of aryl methyl sites for hydroxylation is 1. The van der Waals surface area contributed by atoms with Gasteiger partial charge >= 0.3 is 5.97 Å². The van der Waals surface area contributed by atoms with E-state index in [0.29, 0.717) is 29.9 Å². The van der Waals surface area contributed by atoms with Gasteiger partial charge in [-0.25, -0.2) is 0 Å². The van der Waals surface area contributed by atoms with Gasteiger partial charge in [-0.05, 0) is 79.7 Å². The van der Waals surface area contributed by atoms with E-state index in [9.17, 15) is 15.0 Å². The summed E-state index contributed by atoms with van der Waals surface area (Å²) in [5, 5.41) is 21.1. The van der Waals surface area contributed by atoms with Crippen molar-refractivity contribution in [2.45, 2.75) is 167 Å². The van der Waals surface area contributed by atoms with Gasteiger partial charge in [-0.1, -0.05) is 104 Å². The molecule has 3 aliphatic carbocycles. The van der Waals surface area contributed by atoms with Crippen molar-refractivity contribution in [2.75, 3.05) is 0 Å². The molecule has 3 aliphatic rings. The number of esters is 1. The van der Waals surface area contributed by atoms with E-state index >= 15 is 0 Å². The lowest BCUT2D eigenvalue weighted by Gasteiger charge is -2.50. The highest BCUT2D eigenvalue weighted by atomic mass is 16.5. The Labute approximate surface area is 244 Å². The standard InChI is InChI=1S/C36H58O4/c1-3-4-5-6-7-8-9-10-11-12-13-14-15-16-17-18-34(39)40-32-26-28(37)25-27-19-20-29-30(35(27)32)23-24-36(2)31(29)21-22-33(36)38/h25-26,29-31,33,37-38H,3-24H2,1-2H3/t29-,30+,31+,33-,36+/m1/s1. The molecular weight excluding hydrogens is 496 g/mol. The van der Waals surface area contributed by atoms with Gasteiger partial charge in [-0.3, -0.25) is 4.79 Å². The van der Waals surface area contributed by atoms with Gasteiger partial charge in [0.25, 0.3) is 0 Å². The van der Waals surface area contributed by atoms with Crippen LogP contribution in [0.1, 0.15) is 166 Å². The van der Waals surface area contributed by atoms with E-state index in [-0.39, 0.29) is 23.2 Å². The zero-order valence-corrected chi connectivity index (χ0v) is 25.7. The second-order valence-electron chi connectivity index (χ2n) is 13.7. The molecule has 0 spiro atoms. The molecule has 0 aliphatic heterocycles. The molecule has 0 radical (unpaired) electrons. The monoisotopic (exact) mass is 554 g/mol. The second-order valence-corrected chi connectivity index (χ2v) is 13.7. The van der Waals surface area contributed by atoms with Crippen molar-refractivity contribution in [1.29, 1.82) is 0 Å². The molecule has 2 N–H and O–H groups in total. The summed E-state index contributed by atoms with van der Waals surface area (Å²) in [4.78, 5) is 12.8. The summed E-state index contributed by atoms with van der Waals surface area (Å²) in [7, 11) is 0. The highest BCUT2D eigenvalue weighted by Gasteiger charge is 2.54. The van der Waals surface area contributed by atoms with Crippen LogP contribution in [0.15, 0.2) is 12.1 Å². The maximum absolute atomic E-state index is 12.8. The lowest BCUT2D eigenvalue weighted by Crippen LogP contribution is -2.44. The largest absolute Gasteiger partial charge is 0.508 e. The Bertz CT molecular complexity index is 926. The Morgan fingerprint density at radius 3 is 2.08 bits per heavy atom. The molecule has 226 valence electrons. The summed E-state index contributed by atoms with van der Waals surface area (Å²) in [6, 6.07) is 3.55. The highest BCUT2D eigenvalue weighted by Crippen LogP contribution is 2.62. The highest BCUT2D eigenvalue weighted by molar-refractivity contribution is 5.73. The first-order valence-electron chi connectivity index (χ1n) is 17.2. The summed E-state index contributed by atoms with van der Waals surface area (Å²) < 4.78 is 5.97. The van der Waals surface area contributed by atoms with Crippen LogP contribution < -0.4 is 4.74 Å². The topological polar surface area (TPSA) is 66.8 Å². The average Bonchev–Trinajstić information content (AvgIpc) is 3.24. The van der Waals surface area contributed by atoms with Crippen LogP contribution in [0.25, 0.3) is 0 Å². The van der Waals surface area contributed by atoms with Crippen LogP contribution in [0.4, 0.5) is 0 Å². The molecule has 0 saturated heterocycles. The minimum absolute atomic E-state index is 0.0278. The number of hydrogen-bond acceptors (Lipinski definition) is 4. The molecule has 4 nitrogen and oxygen atoms in total. The molecule has 1 aromatic carbocycles. The van der Waals surface area contributed by atoms with Gasteiger partial charge in [0, 0.05) is 18.1 Å². The number of hydrogen-bond donors (Lipinski definition) is 2. The van der Waals surface area contributed by atoms with Crippen molar-refractivity contribution >= 4 is 5.97 Å². The fraction of sp³-hybridized carbons (Fsp3) is 0.806. The fourth-order valence-electron chi connectivity index (χ4n) is 8.54. The molecule has 0 unspecified atom stereocenters. The zero-order valence-electron chi connectivity index (χ0n) is 25.7. The predicted molar refractivity (Wildman–Crippen MR) is 164 cm³/mol. The molecular formula is C36H58O4.